The zero-order valence-electron chi connectivity index (χ0n) is 13.1. The van der Waals surface area contributed by atoms with Crippen molar-refractivity contribution in [2.24, 2.45) is 5.10 Å². The smallest absolute Gasteiger partial charge is 0.103 e. The lowest BCUT2D eigenvalue weighted by Gasteiger charge is -2.30. The molecule has 1 aliphatic heterocycles. The molecule has 4 nitrogen and oxygen atoms in total. The first-order valence-corrected chi connectivity index (χ1v) is 7.88. The van der Waals surface area contributed by atoms with Gasteiger partial charge in [-0.05, 0) is 13.0 Å². The van der Waals surface area contributed by atoms with Gasteiger partial charge in [0.2, 0.25) is 0 Å². The van der Waals surface area contributed by atoms with E-state index in [9.17, 15) is 0 Å². The zero-order valence-corrected chi connectivity index (χ0v) is 13.1. The van der Waals surface area contributed by atoms with Gasteiger partial charge in [-0.25, -0.2) is 0 Å². The van der Waals surface area contributed by atoms with E-state index in [2.05, 4.69) is 46.3 Å². The van der Waals surface area contributed by atoms with E-state index in [1.807, 2.05) is 24.5 Å². The maximum atomic E-state index is 4.56. The molecule has 4 heteroatoms. The number of benzene rings is 1. The first kappa shape index (κ1) is 14.7. The van der Waals surface area contributed by atoms with E-state index < -0.39 is 0 Å². The Bertz CT molecular complexity index is 599. The second-order valence-electron chi connectivity index (χ2n) is 5.90. The van der Waals surface area contributed by atoms with Crippen molar-refractivity contribution in [2.75, 3.05) is 26.2 Å². The van der Waals surface area contributed by atoms with Crippen LogP contribution >= 0.6 is 0 Å². The predicted octanol–water partition coefficient (Wildman–Crippen LogP) is 1.12. The van der Waals surface area contributed by atoms with E-state index in [4.69, 9.17) is 0 Å². The van der Waals surface area contributed by atoms with Crippen LogP contribution in [0.1, 0.15) is 16.7 Å². The van der Waals surface area contributed by atoms with E-state index in [1.54, 1.807) is 11.1 Å². The van der Waals surface area contributed by atoms with Gasteiger partial charge in [0, 0.05) is 23.5 Å². The van der Waals surface area contributed by atoms with Crippen LogP contribution in [0, 0.1) is 6.92 Å². The van der Waals surface area contributed by atoms with E-state index in [0.29, 0.717) is 0 Å². The molecule has 0 unspecified atom stereocenters. The van der Waals surface area contributed by atoms with Gasteiger partial charge in [0.1, 0.15) is 6.54 Å². The molecule has 1 aromatic carbocycles. The molecule has 1 aliphatic rings. The largest absolute Gasteiger partial charge is 0.328 e. The molecule has 22 heavy (non-hydrogen) atoms. The summed E-state index contributed by atoms with van der Waals surface area (Å²) in [6, 6.07) is 12.8. The topological polar surface area (TPSA) is 32.9 Å². The third-order valence-electron chi connectivity index (χ3n) is 4.08. The highest BCUT2D eigenvalue weighted by atomic mass is 15.5. The Kier molecular flexibility index (Phi) is 4.81. The zero-order chi connectivity index (χ0) is 15.2. The summed E-state index contributed by atoms with van der Waals surface area (Å²) in [5, 5.41) is 6.72. The van der Waals surface area contributed by atoms with Gasteiger partial charge in [-0.1, -0.05) is 35.9 Å². The highest BCUT2D eigenvalue weighted by Crippen LogP contribution is 2.02. The van der Waals surface area contributed by atoms with Gasteiger partial charge < -0.3 is 4.90 Å². The average Bonchev–Trinajstić information content (AvgIpc) is 2.57. The standard InChI is InChI=1S/C18H22N4/c1-16-4-6-17(7-5-16)15-21-9-11-22(12-10-21)20-14-18-3-2-8-19-13-18/h2-8,13-14H,9-12,15H2,1H3/p+1/b20-14-. The third-order valence-corrected chi connectivity index (χ3v) is 4.08. The number of quaternary nitrogens is 1. The molecule has 1 saturated heterocycles. The van der Waals surface area contributed by atoms with Crippen LogP contribution in [0.2, 0.25) is 0 Å². The Morgan fingerprint density at radius 3 is 2.64 bits per heavy atom. The number of hydrogen-bond donors (Lipinski definition) is 1. The van der Waals surface area contributed by atoms with Crippen molar-refractivity contribution >= 4 is 6.21 Å². The number of aryl methyl sites for hydroxylation is 1. The molecule has 3 rings (SSSR count). The molecule has 0 spiro atoms. The van der Waals surface area contributed by atoms with Gasteiger partial charge in [-0.2, -0.15) is 5.10 Å². The maximum Gasteiger partial charge on any atom is 0.103 e. The van der Waals surface area contributed by atoms with Crippen molar-refractivity contribution in [1.82, 2.24) is 9.99 Å². The van der Waals surface area contributed by atoms with Crippen LogP contribution in [-0.4, -0.2) is 42.4 Å². The summed E-state index contributed by atoms with van der Waals surface area (Å²) in [6.45, 7) is 7.54. The molecule has 114 valence electrons. The average molecular weight is 295 g/mol. The van der Waals surface area contributed by atoms with Gasteiger partial charge in [0.25, 0.3) is 0 Å². The van der Waals surface area contributed by atoms with Crippen LogP contribution < -0.4 is 4.90 Å². The first-order chi connectivity index (χ1) is 10.8. The van der Waals surface area contributed by atoms with Crippen LogP contribution in [0.5, 0.6) is 0 Å². The molecule has 0 radical (unpaired) electrons. The number of aromatic nitrogens is 1. The quantitative estimate of drug-likeness (QED) is 0.858. The van der Waals surface area contributed by atoms with Crippen molar-refractivity contribution in [1.29, 1.82) is 0 Å². The van der Waals surface area contributed by atoms with Crippen molar-refractivity contribution in [3.8, 4) is 0 Å². The van der Waals surface area contributed by atoms with Crippen LogP contribution in [0.15, 0.2) is 53.9 Å². The van der Waals surface area contributed by atoms with Crippen molar-refractivity contribution in [3.63, 3.8) is 0 Å². The number of hydrogen-bond acceptors (Lipinski definition) is 3. The molecule has 0 saturated carbocycles. The van der Waals surface area contributed by atoms with E-state index in [0.717, 1.165) is 38.3 Å². The monoisotopic (exact) mass is 295 g/mol. The molecular formula is C18H23N4+. The van der Waals surface area contributed by atoms with Gasteiger partial charge in [-0.3, -0.25) is 9.99 Å². The van der Waals surface area contributed by atoms with Gasteiger partial charge in [-0.15, -0.1) is 0 Å². The maximum absolute atomic E-state index is 4.56. The molecular weight excluding hydrogens is 272 g/mol. The van der Waals surface area contributed by atoms with E-state index >= 15 is 0 Å². The van der Waals surface area contributed by atoms with Crippen LogP contribution in [0.25, 0.3) is 0 Å². The summed E-state index contributed by atoms with van der Waals surface area (Å²) in [7, 11) is 0. The highest BCUT2D eigenvalue weighted by molar-refractivity contribution is 5.78. The number of hydrazone groups is 1. The fraction of sp³-hybridized carbons (Fsp3) is 0.333. The number of piperazine rings is 1. The molecule has 1 aromatic heterocycles. The Labute approximate surface area is 132 Å². The second-order valence-corrected chi connectivity index (χ2v) is 5.90. The van der Waals surface area contributed by atoms with Crippen LogP contribution in [-0.2, 0) is 6.54 Å². The summed E-state index contributed by atoms with van der Waals surface area (Å²) in [5.41, 5.74) is 3.80. The molecule has 0 atom stereocenters. The molecule has 0 bridgehead atoms. The van der Waals surface area contributed by atoms with Gasteiger partial charge >= 0.3 is 0 Å². The second kappa shape index (κ2) is 7.18. The van der Waals surface area contributed by atoms with Crippen molar-refractivity contribution in [2.45, 2.75) is 13.5 Å². The lowest BCUT2D eigenvalue weighted by Crippen LogP contribution is -3.13. The number of nitrogens with one attached hydrogen (secondary N) is 1. The highest BCUT2D eigenvalue weighted by Gasteiger charge is 2.18. The Morgan fingerprint density at radius 2 is 1.95 bits per heavy atom. The predicted molar refractivity (Wildman–Crippen MR) is 89.0 cm³/mol. The molecule has 2 aromatic rings. The fourth-order valence-corrected chi connectivity index (χ4v) is 2.70. The summed E-state index contributed by atoms with van der Waals surface area (Å²) in [5.74, 6) is 0. The Balaban J connectivity index is 1.48. The van der Waals surface area contributed by atoms with Gasteiger partial charge in [0.05, 0.1) is 32.4 Å². The summed E-state index contributed by atoms with van der Waals surface area (Å²) in [4.78, 5) is 5.74. The molecule has 0 aliphatic carbocycles. The van der Waals surface area contributed by atoms with Crippen LogP contribution in [0.3, 0.4) is 0 Å². The summed E-state index contributed by atoms with van der Waals surface area (Å²) >= 11 is 0. The van der Waals surface area contributed by atoms with Crippen molar-refractivity contribution in [3.05, 3.63) is 65.5 Å². The fourth-order valence-electron chi connectivity index (χ4n) is 2.70. The molecule has 2 heterocycles. The molecule has 0 amide bonds. The summed E-state index contributed by atoms with van der Waals surface area (Å²) < 4.78 is 0. The first-order valence-electron chi connectivity index (χ1n) is 7.88. The minimum atomic E-state index is 1.01. The van der Waals surface area contributed by atoms with E-state index in [-0.39, 0.29) is 0 Å². The Morgan fingerprint density at radius 1 is 1.18 bits per heavy atom. The number of rotatable bonds is 4. The molecule has 1 fully saturated rings. The number of nitrogens with zero attached hydrogens (tertiary/aromatic N) is 3. The van der Waals surface area contributed by atoms with Crippen molar-refractivity contribution < 1.29 is 4.90 Å². The van der Waals surface area contributed by atoms with Gasteiger partial charge in [0.15, 0.2) is 0 Å². The lowest BCUT2D eigenvalue weighted by molar-refractivity contribution is -0.918. The minimum absolute atomic E-state index is 1.01. The molecule has 1 N–H and O–H groups in total. The third kappa shape index (κ3) is 4.15. The SMILES string of the molecule is Cc1ccc(C[NH+]2CCN(/N=C\c3cccnc3)CC2)cc1. The van der Waals surface area contributed by atoms with Crippen LogP contribution in [0.4, 0.5) is 0 Å². The number of pyridine rings is 1. The Hall–Kier alpha value is -2.20. The normalized spacial score (nSPS) is 16.3. The van der Waals surface area contributed by atoms with E-state index in [1.165, 1.54) is 11.1 Å². The summed E-state index contributed by atoms with van der Waals surface area (Å²) in [6.07, 6.45) is 5.52. The minimum Gasteiger partial charge on any atom is -0.328 e. The lowest BCUT2D eigenvalue weighted by atomic mass is 10.1.